The van der Waals surface area contributed by atoms with Crippen molar-refractivity contribution in [2.45, 2.75) is 77.9 Å². The second kappa shape index (κ2) is 5.58. The Hall–Kier alpha value is -1.32. The van der Waals surface area contributed by atoms with Crippen molar-refractivity contribution in [2.24, 2.45) is 0 Å². The number of amides is 2. The molecule has 1 rings (SSSR count). The summed E-state index contributed by atoms with van der Waals surface area (Å²) in [4.78, 5) is 26.1. The third-order valence-corrected chi connectivity index (χ3v) is 3.98. The van der Waals surface area contributed by atoms with Crippen molar-refractivity contribution in [2.75, 3.05) is 0 Å². The fourth-order valence-electron chi connectivity index (χ4n) is 3.52. The molecule has 0 aromatic rings. The number of nitrogens with one attached hydrogen (secondary N) is 1. The molecule has 1 aliphatic heterocycles. The van der Waals surface area contributed by atoms with Gasteiger partial charge in [-0.2, -0.15) is 0 Å². The molecule has 0 aromatic carbocycles. The molecule has 1 fully saturated rings. The summed E-state index contributed by atoms with van der Waals surface area (Å²) in [6.07, 6.45) is 2.04. The van der Waals surface area contributed by atoms with E-state index < -0.39 is 0 Å². The molecule has 1 N–H and O–H groups in total. The van der Waals surface area contributed by atoms with Crippen LogP contribution in [-0.2, 0) is 9.59 Å². The van der Waals surface area contributed by atoms with Crippen LogP contribution in [0, 0.1) is 0 Å². The SMILES string of the molecule is C=C(C)C(=O)NC1CC(C)(C)N(C(=O)CC)C(C)(C)C1. The highest BCUT2D eigenvalue weighted by Crippen LogP contribution is 2.38. The van der Waals surface area contributed by atoms with Gasteiger partial charge in [-0.25, -0.2) is 0 Å². The van der Waals surface area contributed by atoms with Gasteiger partial charge >= 0.3 is 0 Å². The fraction of sp³-hybridized carbons (Fsp3) is 0.750. The van der Waals surface area contributed by atoms with Crippen LogP contribution in [0.1, 0.15) is 60.8 Å². The minimum atomic E-state index is -0.262. The molecular weight excluding hydrogens is 252 g/mol. The smallest absolute Gasteiger partial charge is 0.246 e. The van der Waals surface area contributed by atoms with Gasteiger partial charge in [0.2, 0.25) is 11.8 Å². The van der Waals surface area contributed by atoms with Crippen LogP contribution in [0.4, 0.5) is 0 Å². The molecule has 2 amide bonds. The van der Waals surface area contributed by atoms with Crippen molar-refractivity contribution in [3.8, 4) is 0 Å². The van der Waals surface area contributed by atoms with Gasteiger partial charge in [0, 0.05) is 29.1 Å². The number of nitrogens with zero attached hydrogens (tertiary/aromatic N) is 1. The van der Waals surface area contributed by atoms with Crippen LogP contribution in [-0.4, -0.2) is 33.8 Å². The number of likely N-dealkylation sites (tertiary alicyclic amines) is 1. The van der Waals surface area contributed by atoms with Crippen LogP contribution in [0.25, 0.3) is 0 Å². The first-order valence-corrected chi connectivity index (χ1v) is 7.31. The standard InChI is InChI=1S/C16H28N2O2/c1-8-13(19)18-15(4,5)9-12(10-16(18,6)7)17-14(20)11(2)3/h12H,2,8-10H2,1,3-7H3,(H,17,20). The monoisotopic (exact) mass is 280 g/mol. The molecule has 114 valence electrons. The third kappa shape index (κ3) is 3.41. The zero-order chi connectivity index (χ0) is 15.7. The molecule has 0 spiro atoms. The summed E-state index contributed by atoms with van der Waals surface area (Å²) < 4.78 is 0. The zero-order valence-electron chi connectivity index (χ0n) is 13.7. The van der Waals surface area contributed by atoms with E-state index in [1.165, 1.54) is 0 Å². The predicted octanol–water partition coefficient (Wildman–Crippen LogP) is 2.64. The molecule has 0 atom stereocenters. The Balaban J connectivity index is 2.95. The van der Waals surface area contributed by atoms with Crippen molar-refractivity contribution in [1.82, 2.24) is 10.2 Å². The number of hydrogen-bond donors (Lipinski definition) is 1. The first-order valence-electron chi connectivity index (χ1n) is 7.31. The van der Waals surface area contributed by atoms with E-state index >= 15 is 0 Å². The van der Waals surface area contributed by atoms with Crippen molar-refractivity contribution < 1.29 is 9.59 Å². The molecule has 20 heavy (non-hydrogen) atoms. The summed E-state index contributed by atoms with van der Waals surface area (Å²) in [6, 6.07) is 0.0742. The van der Waals surface area contributed by atoms with Gasteiger partial charge in [-0.15, -0.1) is 0 Å². The van der Waals surface area contributed by atoms with Gasteiger partial charge in [0.1, 0.15) is 0 Å². The van der Waals surface area contributed by atoms with Crippen LogP contribution < -0.4 is 5.32 Å². The minimum Gasteiger partial charge on any atom is -0.349 e. The molecule has 0 saturated carbocycles. The van der Waals surface area contributed by atoms with E-state index in [4.69, 9.17) is 0 Å². The molecule has 4 heteroatoms. The summed E-state index contributed by atoms with van der Waals surface area (Å²) in [5.41, 5.74) is -0.00308. The molecule has 1 saturated heterocycles. The van der Waals surface area contributed by atoms with E-state index in [9.17, 15) is 9.59 Å². The molecular formula is C16H28N2O2. The van der Waals surface area contributed by atoms with E-state index in [2.05, 4.69) is 39.6 Å². The highest BCUT2D eigenvalue weighted by Gasteiger charge is 2.47. The Bertz CT molecular complexity index is 406. The average molecular weight is 280 g/mol. The third-order valence-electron chi connectivity index (χ3n) is 3.98. The average Bonchev–Trinajstić information content (AvgIpc) is 2.24. The number of carbonyl (C=O) groups excluding carboxylic acids is 2. The lowest BCUT2D eigenvalue weighted by Crippen LogP contribution is -2.66. The summed E-state index contributed by atoms with van der Waals surface area (Å²) in [7, 11) is 0. The molecule has 1 heterocycles. The van der Waals surface area contributed by atoms with Gasteiger partial charge in [0.05, 0.1) is 0 Å². The molecule has 0 aliphatic carbocycles. The van der Waals surface area contributed by atoms with E-state index in [0.29, 0.717) is 12.0 Å². The minimum absolute atomic E-state index is 0.0742. The Kier molecular flexibility index (Phi) is 4.67. The first kappa shape index (κ1) is 16.7. The lowest BCUT2D eigenvalue weighted by molar-refractivity contribution is -0.150. The van der Waals surface area contributed by atoms with Gasteiger partial charge in [0.15, 0.2) is 0 Å². The number of hydrogen-bond acceptors (Lipinski definition) is 2. The summed E-state index contributed by atoms with van der Waals surface area (Å²) in [6.45, 7) is 15.6. The van der Waals surface area contributed by atoms with Gasteiger partial charge < -0.3 is 10.2 Å². The largest absolute Gasteiger partial charge is 0.349 e. The van der Waals surface area contributed by atoms with E-state index in [0.717, 1.165) is 12.8 Å². The summed E-state index contributed by atoms with van der Waals surface area (Å²) >= 11 is 0. The van der Waals surface area contributed by atoms with Crippen LogP contribution in [0.3, 0.4) is 0 Å². The Morgan fingerprint density at radius 1 is 1.20 bits per heavy atom. The Morgan fingerprint density at radius 2 is 1.65 bits per heavy atom. The van der Waals surface area contributed by atoms with Crippen molar-refractivity contribution in [3.63, 3.8) is 0 Å². The second-order valence-electron chi connectivity index (χ2n) is 7.07. The fourth-order valence-corrected chi connectivity index (χ4v) is 3.52. The number of piperidine rings is 1. The van der Waals surface area contributed by atoms with Crippen LogP contribution in [0.5, 0.6) is 0 Å². The summed E-state index contributed by atoms with van der Waals surface area (Å²) in [5.74, 6) is 0.0709. The molecule has 0 bridgehead atoms. The summed E-state index contributed by atoms with van der Waals surface area (Å²) in [5, 5.41) is 3.03. The lowest BCUT2D eigenvalue weighted by atomic mass is 9.76. The van der Waals surface area contributed by atoms with Gasteiger partial charge in [-0.05, 0) is 47.5 Å². The van der Waals surface area contributed by atoms with Crippen molar-refractivity contribution in [3.05, 3.63) is 12.2 Å². The maximum atomic E-state index is 12.3. The number of rotatable bonds is 3. The van der Waals surface area contributed by atoms with Gasteiger partial charge in [0.25, 0.3) is 0 Å². The molecule has 1 aliphatic rings. The topological polar surface area (TPSA) is 49.4 Å². The number of carbonyl (C=O) groups is 2. The van der Waals surface area contributed by atoms with Gasteiger partial charge in [-0.3, -0.25) is 9.59 Å². The van der Waals surface area contributed by atoms with Gasteiger partial charge in [-0.1, -0.05) is 13.5 Å². The quantitative estimate of drug-likeness (QED) is 0.808. The maximum Gasteiger partial charge on any atom is 0.246 e. The second-order valence-corrected chi connectivity index (χ2v) is 7.07. The molecule has 0 unspecified atom stereocenters. The molecule has 0 radical (unpaired) electrons. The van der Waals surface area contributed by atoms with Crippen LogP contribution >= 0.6 is 0 Å². The maximum absolute atomic E-state index is 12.3. The Morgan fingerprint density at radius 3 is 2.00 bits per heavy atom. The highest BCUT2D eigenvalue weighted by molar-refractivity contribution is 5.92. The Labute approximate surface area is 122 Å². The van der Waals surface area contributed by atoms with E-state index in [-0.39, 0.29) is 28.9 Å². The molecule has 4 nitrogen and oxygen atoms in total. The van der Waals surface area contributed by atoms with E-state index in [1.807, 2.05) is 11.8 Å². The molecule has 0 aromatic heterocycles. The predicted molar refractivity (Wildman–Crippen MR) is 81.3 cm³/mol. The van der Waals surface area contributed by atoms with E-state index in [1.54, 1.807) is 6.92 Å². The van der Waals surface area contributed by atoms with Crippen LogP contribution in [0.15, 0.2) is 12.2 Å². The zero-order valence-corrected chi connectivity index (χ0v) is 13.7. The first-order chi connectivity index (χ1) is 9.01. The highest BCUT2D eigenvalue weighted by atomic mass is 16.2. The van der Waals surface area contributed by atoms with Crippen molar-refractivity contribution >= 4 is 11.8 Å². The normalized spacial score (nSPS) is 21.4. The lowest BCUT2D eigenvalue weighted by Gasteiger charge is -2.55. The van der Waals surface area contributed by atoms with Crippen LogP contribution in [0.2, 0.25) is 0 Å². The van der Waals surface area contributed by atoms with Crippen molar-refractivity contribution in [1.29, 1.82) is 0 Å².